The van der Waals surface area contributed by atoms with Crippen LogP contribution in [0.3, 0.4) is 0 Å². The van der Waals surface area contributed by atoms with E-state index >= 15 is 0 Å². The summed E-state index contributed by atoms with van der Waals surface area (Å²) >= 11 is 0. The zero-order valence-electron chi connectivity index (χ0n) is 10.7. The minimum absolute atomic E-state index is 0.0551. The van der Waals surface area contributed by atoms with Gasteiger partial charge in [-0.2, -0.15) is 8.78 Å². The van der Waals surface area contributed by atoms with E-state index in [9.17, 15) is 8.78 Å². The van der Waals surface area contributed by atoms with Gasteiger partial charge < -0.3 is 19.5 Å². The van der Waals surface area contributed by atoms with Gasteiger partial charge in [0.05, 0.1) is 13.7 Å². The number of alkyl halides is 2. The Morgan fingerprint density at radius 2 is 2.26 bits per heavy atom. The summed E-state index contributed by atoms with van der Waals surface area (Å²) in [5, 5.41) is 3.31. The third-order valence-electron chi connectivity index (χ3n) is 2.97. The number of hydrogen-bond acceptors (Lipinski definition) is 4. The molecule has 0 bridgehead atoms. The molecule has 106 valence electrons. The van der Waals surface area contributed by atoms with Crippen molar-refractivity contribution in [3.8, 4) is 11.5 Å². The van der Waals surface area contributed by atoms with Crippen molar-refractivity contribution in [2.75, 3.05) is 20.3 Å². The van der Waals surface area contributed by atoms with Gasteiger partial charge in [0.1, 0.15) is 0 Å². The van der Waals surface area contributed by atoms with Crippen molar-refractivity contribution < 1.29 is 23.0 Å². The Labute approximate surface area is 110 Å². The van der Waals surface area contributed by atoms with Gasteiger partial charge in [-0.25, -0.2) is 0 Å². The van der Waals surface area contributed by atoms with Gasteiger partial charge in [-0.15, -0.1) is 0 Å². The van der Waals surface area contributed by atoms with Crippen LogP contribution in [0.2, 0.25) is 0 Å². The molecule has 1 N–H and O–H groups in total. The summed E-state index contributed by atoms with van der Waals surface area (Å²) in [5.74, 6) is 0.354. The van der Waals surface area contributed by atoms with Crippen LogP contribution >= 0.6 is 0 Å². The number of rotatable bonds is 6. The normalized spacial score (nSPS) is 18.8. The molecule has 2 rings (SSSR count). The second-order valence-electron chi connectivity index (χ2n) is 4.31. The molecular formula is C13H17F2NO3. The van der Waals surface area contributed by atoms with E-state index in [4.69, 9.17) is 9.47 Å². The number of nitrogens with one attached hydrogen (secondary N) is 1. The molecule has 1 atom stereocenters. The molecule has 1 heterocycles. The van der Waals surface area contributed by atoms with Gasteiger partial charge in [-0.1, -0.05) is 6.07 Å². The number of hydrogen-bond donors (Lipinski definition) is 1. The summed E-state index contributed by atoms with van der Waals surface area (Å²) < 4.78 is 39.3. The minimum atomic E-state index is -2.86. The van der Waals surface area contributed by atoms with Crippen LogP contribution in [-0.4, -0.2) is 33.0 Å². The van der Waals surface area contributed by atoms with Crippen molar-refractivity contribution in [1.82, 2.24) is 5.32 Å². The van der Waals surface area contributed by atoms with Crippen molar-refractivity contribution in [2.24, 2.45) is 0 Å². The Balaban J connectivity index is 1.99. The van der Waals surface area contributed by atoms with Crippen LogP contribution in [0.25, 0.3) is 0 Å². The van der Waals surface area contributed by atoms with Crippen LogP contribution in [0.1, 0.15) is 12.0 Å². The van der Waals surface area contributed by atoms with Crippen LogP contribution in [0.15, 0.2) is 18.2 Å². The van der Waals surface area contributed by atoms with Crippen LogP contribution in [-0.2, 0) is 11.3 Å². The summed E-state index contributed by atoms with van der Waals surface area (Å²) in [7, 11) is 1.42. The summed E-state index contributed by atoms with van der Waals surface area (Å²) in [6.07, 6.45) is 0.969. The fourth-order valence-corrected chi connectivity index (χ4v) is 1.98. The third-order valence-corrected chi connectivity index (χ3v) is 2.97. The first-order valence-electron chi connectivity index (χ1n) is 6.12. The van der Waals surface area contributed by atoms with Gasteiger partial charge in [-0.05, 0) is 24.1 Å². The fraction of sp³-hybridized carbons (Fsp3) is 0.538. The quantitative estimate of drug-likeness (QED) is 0.862. The molecule has 1 aliphatic heterocycles. The molecule has 0 aliphatic carbocycles. The second kappa shape index (κ2) is 6.68. The predicted octanol–water partition coefficient (Wildman–Crippen LogP) is 2.18. The molecule has 1 fully saturated rings. The summed E-state index contributed by atoms with van der Waals surface area (Å²) in [5.41, 5.74) is 0.864. The highest BCUT2D eigenvalue weighted by Gasteiger charge is 2.15. The largest absolute Gasteiger partial charge is 0.493 e. The van der Waals surface area contributed by atoms with Crippen molar-refractivity contribution in [3.63, 3.8) is 0 Å². The first-order chi connectivity index (χ1) is 9.19. The van der Waals surface area contributed by atoms with E-state index in [1.165, 1.54) is 7.11 Å². The van der Waals surface area contributed by atoms with E-state index in [1.54, 1.807) is 12.1 Å². The molecule has 0 radical (unpaired) electrons. The number of halogens is 2. The second-order valence-corrected chi connectivity index (χ2v) is 4.31. The molecule has 0 amide bonds. The highest BCUT2D eigenvalue weighted by molar-refractivity contribution is 5.43. The first-order valence-corrected chi connectivity index (χ1v) is 6.12. The maximum atomic E-state index is 12.3. The molecule has 1 saturated heterocycles. The highest BCUT2D eigenvalue weighted by atomic mass is 19.3. The van der Waals surface area contributed by atoms with Gasteiger partial charge in [0.2, 0.25) is 0 Å². The average molecular weight is 273 g/mol. The van der Waals surface area contributed by atoms with Crippen molar-refractivity contribution >= 4 is 0 Å². The Morgan fingerprint density at radius 1 is 1.42 bits per heavy atom. The van der Waals surface area contributed by atoms with E-state index in [-0.39, 0.29) is 5.75 Å². The van der Waals surface area contributed by atoms with E-state index in [0.717, 1.165) is 18.6 Å². The molecular weight excluding hydrogens is 256 g/mol. The number of ether oxygens (including phenoxy) is 3. The van der Waals surface area contributed by atoms with Crippen molar-refractivity contribution in [3.05, 3.63) is 23.8 Å². The Bertz CT molecular complexity index is 409. The van der Waals surface area contributed by atoms with E-state index in [2.05, 4.69) is 10.1 Å². The smallest absolute Gasteiger partial charge is 0.387 e. The summed E-state index contributed by atoms with van der Waals surface area (Å²) in [6.45, 7) is -0.825. The molecule has 4 nitrogen and oxygen atoms in total. The SMILES string of the molecule is COc1ccc(CNC2CCOC2)cc1OC(F)F. The van der Waals surface area contributed by atoms with Gasteiger partial charge in [0, 0.05) is 19.2 Å². The third kappa shape index (κ3) is 4.04. The zero-order chi connectivity index (χ0) is 13.7. The lowest BCUT2D eigenvalue weighted by atomic mass is 10.2. The maximum Gasteiger partial charge on any atom is 0.387 e. The van der Waals surface area contributed by atoms with Gasteiger partial charge >= 0.3 is 6.61 Å². The van der Waals surface area contributed by atoms with Crippen LogP contribution in [0.4, 0.5) is 8.78 Å². The lowest BCUT2D eigenvalue weighted by Crippen LogP contribution is -2.28. The molecule has 19 heavy (non-hydrogen) atoms. The monoisotopic (exact) mass is 273 g/mol. The fourth-order valence-electron chi connectivity index (χ4n) is 1.98. The number of methoxy groups -OCH3 is 1. The highest BCUT2D eigenvalue weighted by Crippen LogP contribution is 2.29. The summed E-state index contributed by atoms with van der Waals surface area (Å²) in [4.78, 5) is 0. The Kier molecular flexibility index (Phi) is 4.93. The molecule has 1 aliphatic rings. The standard InChI is InChI=1S/C13H17F2NO3/c1-17-11-3-2-9(6-12(11)19-13(14)15)7-16-10-4-5-18-8-10/h2-3,6,10,13,16H,4-5,7-8H2,1H3. The van der Waals surface area contributed by atoms with Crippen molar-refractivity contribution in [2.45, 2.75) is 25.6 Å². The van der Waals surface area contributed by atoms with E-state index in [1.807, 2.05) is 6.07 Å². The molecule has 0 spiro atoms. The predicted molar refractivity (Wildman–Crippen MR) is 65.7 cm³/mol. The summed E-state index contributed by atoms with van der Waals surface area (Å²) in [6, 6.07) is 5.33. The Morgan fingerprint density at radius 3 is 2.89 bits per heavy atom. The van der Waals surface area contributed by atoms with Gasteiger partial charge in [-0.3, -0.25) is 0 Å². The minimum Gasteiger partial charge on any atom is -0.493 e. The lowest BCUT2D eigenvalue weighted by molar-refractivity contribution is -0.0512. The topological polar surface area (TPSA) is 39.7 Å². The molecule has 6 heteroatoms. The van der Waals surface area contributed by atoms with Gasteiger partial charge in [0.25, 0.3) is 0 Å². The van der Waals surface area contributed by atoms with E-state index in [0.29, 0.717) is 24.9 Å². The van der Waals surface area contributed by atoms with E-state index < -0.39 is 6.61 Å². The maximum absolute atomic E-state index is 12.3. The molecule has 0 saturated carbocycles. The molecule has 0 aromatic heterocycles. The average Bonchev–Trinajstić information content (AvgIpc) is 2.89. The number of benzene rings is 1. The molecule has 1 aromatic carbocycles. The molecule has 1 aromatic rings. The molecule has 1 unspecified atom stereocenters. The zero-order valence-corrected chi connectivity index (χ0v) is 10.7. The van der Waals surface area contributed by atoms with Crippen LogP contribution in [0.5, 0.6) is 11.5 Å². The first kappa shape index (κ1) is 14.0. The van der Waals surface area contributed by atoms with Crippen LogP contribution in [0, 0.1) is 0 Å². The van der Waals surface area contributed by atoms with Crippen molar-refractivity contribution in [1.29, 1.82) is 0 Å². The Hall–Kier alpha value is -1.40. The lowest BCUT2D eigenvalue weighted by Gasteiger charge is -2.13. The van der Waals surface area contributed by atoms with Crippen LogP contribution < -0.4 is 14.8 Å². The van der Waals surface area contributed by atoms with Gasteiger partial charge in [0.15, 0.2) is 11.5 Å².